The van der Waals surface area contributed by atoms with E-state index in [-0.39, 0.29) is 18.2 Å². The maximum absolute atomic E-state index is 13.7. The zero-order valence-electron chi connectivity index (χ0n) is 21.4. The second-order valence-corrected chi connectivity index (χ2v) is 10.1. The topological polar surface area (TPSA) is 84.9 Å². The molecule has 1 fully saturated rings. The van der Waals surface area contributed by atoms with E-state index in [1.807, 2.05) is 97.9 Å². The number of nitrogens with zero attached hydrogens (tertiary/aromatic N) is 1. The lowest BCUT2D eigenvalue weighted by Crippen LogP contribution is -2.70. The number of hydrogen-bond donors (Lipinski definition) is 1. The number of allylic oxidation sites excluding steroid dienone is 2. The van der Waals surface area contributed by atoms with Gasteiger partial charge in [0.25, 0.3) is 11.8 Å². The Labute approximate surface area is 231 Å². The highest BCUT2D eigenvalue weighted by Gasteiger charge is 2.54. The lowest BCUT2D eigenvalue weighted by molar-refractivity contribution is -0.154. The van der Waals surface area contributed by atoms with Gasteiger partial charge in [0.05, 0.1) is 0 Å². The summed E-state index contributed by atoms with van der Waals surface area (Å²) in [4.78, 5) is 41.0. The Hall–Kier alpha value is -4.30. The molecule has 0 saturated carbocycles. The molecule has 2 heterocycles. The van der Waals surface area contributed by atoms with Gasteiger partial charge in [-0.1, -0.05) is 91.0 Å². The van der Waals surface area contributed by atoms with Crippen LogP contribution in [0.1, 0.15) is 24.2 Å². The smallest absolute Gasteiger partial charge is 0.356 e. The summed E-state index contributed by atoms with van der Waals surface area (Å²) in [5.41, 5.74) is 2.56. The molecule has 2 atom stereocenters. The highest BCUT2D eigenvalue weighted by Crippen LogP contribution is 2.42. The summed E-state index contributed by atoms with van der Waals surface area (Å²) in [5.74, 6) is -0.284. The van der Waals surface area contributed by atoms with Crippen LogP contribution in [0.3, 0.4) is 0 Å². The maximum atomic E-state index is 13.7. The van der Waals surface area contributed by atoms with Crippen molar-refractivity contribution < 1.29 is 23.9 Å². The Morgan fingerprint density at radius 3 is 2.15 bits per heavy atom. The fourth-order valence-electron chi connectivity index (χ4n) is 4.59. The number of nitrogens with one attached hydrogen (secondary N) is 1. The number of carbonyl (C=O) groups excluding carboxylic acids is 3. The Morgan fingerprint density at radius 2 is 1.56 bits per heavy atom. The predicted octanol–water partition coefficient (Wildman–Crippen LogP) is 4.63. The van der Waals surface area contributed by atoms with E-state index in [1.165, 1.54) is 16.7 Å². The van der Waals surface area contributed by atoms with Crippen molar-refractivity contribution >= 4 is 29.5 Å². The number of esters is 1. The van der Waals surface area contributed by atoms with Crippen molar-refractivity contribution in [3.05, 3.63) is 126 Å². The summed E-state index contributed by atoms with van der Waals surface area (Å²) in [7, 11) is 0. The average Bonchev–Trinajstić information content (AvgIpc) is 2.98. The minimum atomic E-state index is -0.754. The van der Waals surface area contributed by atoms with Gasteiger partial charge in [0.1, 0.15) is 22.9 Å². The molecule has 5 rings (SSSR count). The summed E-state index contributed by atoms with van der Waals surface area (Å²) in [5, 5.41) is 2.35. The lowest BCUT2D eigenvalue weighted by atomic mass is 10.0. The first-order valence-electron chi connectivity index (χ1n) is 12.7. The van der Waals surface area contributed by atoms with E-state index in [9.17, 15) is 14.4 Å². The highest BCUT2D eigenvalue weighted by atomic mass is 32.2. The molecule has 1 saturated heterocycles. The van der Waals surface area contributed by atoms with Crippen molar-refractivity contribution in [3.63, 3.8) is 0 Å². The van der Waals surface area contributed by atoms with Gasteiger partial charge in [-0.15, -0.1) is 11.8 Å². The second kappa shape index (κ2) is 12.0. The number of carbonyl (C=O) groups is 3. The largest absolute Gasteiger partial charge is 0.484 e. The molecule has 0 radical (unpaired) electrons. The number of ether oxygens (including phenoxy) is 2. The number of para-hydroxylation sites is 1. The molecule has 39 heavy (non-hydrogen) atoms. The molecule has 3 aromatic carbocycles. The van der Waals surface area contributed by atoms with E-state index < -0.39 is 29.4 Å². The van der Waals surface area contributed by atoms with E-state index in [0.717, 1.165) is 11.1 Å². The van der Waals surface area contributed by atoms with Gasteiger partial charge in [-0.3, -0.25) is 14.5 Å². The van der Waals surface area contributed by atoms with Crippen LogP contribution in [0.15, 0.2) is 114 Å². The first-order valence-corrected chi connectivity index (χ1v) is 13.7. The number of hydrogen-bond acceptors (Lipinski definition) is 6. The number of β-lactam (4-membered cyclic amide) rings is 1. The Kier molecular flexibility index (Phi) is 8.13. The molecule has 1 unspecified atom stereocenters. The minimum absolute atomic E-state index is 0.213. The number of fused-ring (bicyclic) bond motifs is 1. The van der Waals surface area contributed by atoms with Gasteiger partial charge in [0, 0.05) is 5.75 Å². The average molecular weight is 541 g/mol. The molecule has 0 aromatic heterocycles. The van der Waals surface area contributed by atoms with Crippen LogP contribution in [0.2, 0.25) is 0 Å². The summed E-state index contributed by atoms with van der Waals surface area (Å²) >= 11 is 1.49. The van der Waals surface area contributed by atoms with Crippen molar-refractivity contribution in [1.82, 2.24) is 10.2 Å². The van der Waals surface area contributed by atoms with Crippen molar-refractivity contribution in [1.29, 1.82) is 0 Å². The quantitative estimate of drug-likeness (QED) is 0.315. The summed E-state index contributed by atoms with van der Waals surface area (Å²) in [6.07, 6.45) is 3.02. The number of benzene rings is 3. The highest BCUT2D eigenvalue weighted by molar-refractivity contribution is 8.00. The minimum Gasteiger partial charge on any atom is -0.484 e. The third-order valence-corrected chi connectivity index (χ3v) is 7.72. The van der Waals surface area contributed by atoms with Crippen LogP contribution >= 0.6 is 11.8 Å². The molecule has 8 heteroatoms. The van der Waals surface area contributed by atoms with Gasteiger partial charge in [0.2, 0.25) is 0 Å². The van der Waals surface area contributed by atoms with Gasteiger partial charge < -0.3 is 14.8 Å². The summed E-state index contributed by atoms with van der Waals surface area (Å²) in [6.45, 7) is 1.65. The molecule has 1 N–H and O–H groups in total. The van der Waals surface area contributed by atoms with Crippen LogP contribution in [0.5, 0.6) is 5.75 Å². The zero-order chi connectivity index (χ0) is 27.2. The molecule has 198 valence electrons. The molecule has 0 aliphatic carbocycles. The SMILES string of the molecule is CC=CC1=C(C(=O)OC(c2ccccc2)c2ccccc2)N2C(=O)C(NC(=O)COc3ccccc3)[C@@H]2SC1. The Bertz CT molecular complexity index is 1350. The third kappa shape index (κ3) is 5.76. The normalized spacial score (nSPS) is 18.5. The zero-order valence-corrected chi connectivity index (χ0v) is 22.2. The molecule has 7 nitrogen and oxygen atoms in total. The Balaban J connectivity index is 1.34. The molecule has 0 spiro atoms. The van der Waals surface area contributed by atoms with Crippen LogP contribution in [0.4, 0.5) is 0 Å². The van der Waals surface area contributed by atoms with Crippen LogP contribution in [0.25, 0.3) is 0 Å². The van der Waals surface area contributed by atoms with Crippen molar-refractivity contribution in [3.8, 4) is 5.75 Å². The third-order valence-electron chi connectivity index (χ3n) is 6.42. The molecule has 3 aromatic rings. The van der Waals surface area contributed by atoms with Crippen LogP contribution in [-0.4, -0.2) is 46.5 Å². The number of amides is 2. The van der Waals surface area contributed by atoms with Gasteiger partial charge in [-0.05, 0) is 35.8 Å². The fourth-order valence-corrected chi connectivity index (χ4v) is 5.91. The second-order valence-electron chi connectivity index (χ2n) is 9.04. The van der Waals surface area contributed by atoms with Crippen molar-refractivity contribution in [2.75, 3.05) is 12.4 Å². The molecule has 2 amide bonds. The van der Waals surface area contributed by atoms with E-state index in [0.29, 0.717) is 17.1 Å². The lowest BCUT2D eigenvalue weighted by Gasteiger charge is -2.49. The van der Waals surface area contributed by atoms with Gasteiger partial charge in [-0.25, -0.2) is 4.79 Å². The Morgan fingerprint density at radius 1 is 0.974 bits per heavy atom. The van der Waals surface area contributed by atoms with Crippen molar-refractivity contribution in [2.24, 2.45) is 0 Å². The molecule has 0 bridgehead atoms. The van der Waals surface area contributed by atoms with E-state index in [1.54, 1.807) is 12.1 Å². The van der Waals surface area contributed by atoms with Gasteiger partial charge >= 0.3 is 5.97 Å². The first kappa shape index (κ1) is 26.3. The van der Waals surface area contributed by atoms with Crippen LogP contribution in [-0.2, 0) is 19.1 Å². The van der Waals surface area contributed by atoms with Crippen LogP contribution < -0.4 is 10.1 Å². The standard InChI is InChI=1S/C31H28N2O5S/c1-2-12-23-20-39-30-26(32-25(34)19-37-24-17-10-5-11-18-24)29(35)33(30)27(23)31(36)38-28(21-13-6-3-7-14-21)22-15-8-4-9-16-22/h2-18,26,28,30H,19-20H2,1H3,(H,32,34)/t26?,30-/m0/s1. The number of rotatable bonds is 9. The number of thioether (sulfide) groups is 1. The molecule has 2 aliphatic rings. The monoisotopic (exact) mass is 540 g/mol. The summed E-state index contributed by atoms with van der Waals surface area (Å²) < 4.78 is 11.6. The maximum Gasteiger partial charge on any atom is 0.356 e. The van der Waals surface area contributed by atoms with Gasteiger partial charge in [-0.2, -0.15) is 0 Å². The van der Waals surface area contributed by atoms with Gasteiger partial charge in [0.15, 0.2) is 12.7 Å². The fraction of sp³-hybridized carbons (Fsp3) is 0.194. The summed E-state index contributed by atoms with van der Waals surface area (Å²) in [6, 6.07) is 27.2. The molecular formula is C31H28N2O5S. The van der Waals surface area contributed by atoms with E-state index in [4.69, 9.17) is 9.47 Å². The molecule has 2 aliphatic heterocycles. The van der Waals surface area contributed by atoms with Crippen LogP contribution in [0, 0.1) is 0 Å². The van der Waals surface area contributed by atoms with E-state index >= 15 is 0 Å². The first-order chi connectivity index (χ1) is 19.1. The predicted molar refractivity (Wildman–Crippen MR) is 150 cm³/mol. The van der Waals surface area contributed by atoms with E-state index in [2.05, 4.69) is 5.32 Å². The molecular weight excluding hydrogens is 512 g/mol. The van der Waals surface area contributed by atoms with Crippen molar-refractivity contribution in [2.45, 2.75) is 24.4 Å².